The molecule has 4 heterocycles. The van der Waals surface area contributed by atoms with Crippen molar-refractivity contribution in [2.75, 3.05) is 0 Å². The van der Waals surface area contributed by atoms with E-state index in [2.05, 4.69) is 19.9 Å². The zero-order chi connectivity index (χ0) is 27.2. The normalized spacial score (nSPS) is 9.92. The van der Waals surface area contributed by atoms with Crippen LogP contribution in [-0.4, -0.2) is 25.4 Å². The van der Waals surface area contributed by atoms with Crippen LogP contribution in [-0.2, 0) is 22.4 Å². The molecule has 0 unspecified atom stereocenters. The van der Waals surface area contributed by atoms with Crippen molar-refractivity contribution in [1.29, 1.82) is 0 Å². The second-order valence-corrected chi connectivity index (χ2v) is 7.90. The van der Waals surface area contributed by atoms with Gasteiger partial charge in [-0.25, -0.2) is 42.3 Å². The van der Waals surface area contributed by atoms with Gasteiger partial charge in [0.15, 0.2) is 0 Å². The van der Waals surface area contributed by atoms with Crippen LogP contribution in [0.15, 0.2) is 85.3 Å². The molecule has 0 fully saturated rings. The minimum atomic E-state index is -4.94. The van der Waals surface area contributed by atoms with E-state index in [1.807, 2.05) is 54.6 Å². The van der Waals surface area contributed by atoms with Crippen molar-refractivity contribution in [3.63, 3.8) is 0 Å². The summed E-state index contributed by atoms with van der Waals surface area (Å²) in [6.45, 7) is 0. The van der Waals surface area contributed by atoms with E-state index in [0.717, 1.165) is 22.8 Å². The van der Waals surface area contributed by atoms with Crippen molar-refractivity contribution in [2.45, 2.75) is 0 Å². The molecular weight excluding hydrogens is 758 g/mol. The van der Waals surface area contributed by atoms with Crippen LogP contribution in [0.2, 0.25) is 5.02 Å². The number of nitrogens with one attached hydrogen (secondary N) is 1. The molecule has 0 spiro atoms. The second kappa shape index (κ2) is 18.8. The van der Waals surface area contributed by atoms with Gasteiger partial charge in [0.05, 0.1) is 22.8 Å². The minimum absolute atomic E-state index is 0. The van der Waals surface area contributed by atoms with Crippen LogP contribution in [0, 0.1) is 20.5 Å². The summed E-state index contributed by atoms with van der Waals surface area (Å²) in [6, 6.07) is 20.6. The average molecular weight is 775 g/mol. The number of hydrogen-bond donors (Lipinski definition) is 0. The van der Waals surface area contributed by atoms with Crippen LogP contribution in [0.25, 0.3) is 28.5 Å². The summed E-state index contributed by atoms with van der Waals surface area (Å²) in [7, 11) is -9.89. The standard InChI is InChI=1S/C15H11N3.C5H4ClN2.Au.2ClHO4.H2O/c1-3-10-16-12(6-1)14-8-5-9-15(18-14)13-7-2-4-11-17-13;6-4-1-2-8-5(7)3-4;;2*2-1(3,4)5;/h1-11H;1-3H,(H-,7,8);;2*(H,2,3,4,5);1H2/q;-1;+3;;;/p-2. The molecule has 3 N–H and O–H groups in total. The Morgan fingerprint density at radius 3 is 1.26 bits per heavy atom. The van der Waals surface area contributed by atoms with Gasteiger partial charge in [-0.05, 0) is 48.5 Å². The minimum Gasteiger partial charge on any atom is -0.482 e. The van der Waals surface area contributed by atoms with Gasteiger partial charge >= 0.3 is 22.4 Å². The van der Waals surface area contributed by atoms with Crippen molar-refractivity contribution >= 4 is 17.4 Å². The first-order chi connectivity index (χ1) is 16.7. The summed E-state index contributed by atoms with van der Waals surface area (Å²) >= 11 is 5.48. The molecule has 4 aromatic heterocycles. The van der Waals surface area contributed by atoms with Crippen LogP contribution in [0.3, 0.4) is 0 Å². The van der Waals surface area contributed by atoms with E-state index in [0.29, 0.717) is 5.02 Å². The fourth-order valence-electron chi connectivity index (χ4n) is 2.15. The van der Waals surface area contributed by atoms with Crippen LogP contribution in [0.4, 0.5) is 5.82 Å². The molecule has 38 heavy (non-hydrogen) atoms. The number of pyridine rings is 4. The molecular formula is C20H17AuCl3N5O9. The molecule has 0 saturated carbocycles. The Morgan fingerprint density at radius 2 is 0.974 bits per heavy atom. The third-order valence-electron chi connectivity index (χ3n) is 3.33. The summed E-state index contributed by atoms with van der Waals surface area (Å²) in [6.07, 6.45) is 5.04. The van der Waals surface area contributed by atoms with Gasteiger partial charge in [-0.15, -0.1) is 20.5 Å². The molecule has 0 bridgehead atoms. The predicted octanol–water partition coefficient (Wildman–Crippen LogP) is -4.71. The maximum absolute atomic E-state index is 8.49. The molecule has 0 aliphatic carbocycles. The summed E-state index contributed by atoms with van der Waals surface area (Å²) < 4.78 is 67.9. The van der Waals surface area contributed by atoms with Crippen molar-refractivity contribution < 1.29 is 85.6 Å². The Morgan fingerprint density at radius 1 is 0.579 bits per heavy atom. The first-order valence-electron chi connectivity index (χ1n) is 9.09. The largest absolute Gasteiger partial charge is 3.00 e. The van der Waals surface area contributed by atoms with Gasteiger partial charge in [0, 0.05) is 17.4 Å². The Bertz CT molecular complexity index is 1080. The summed E-state index contributed by atoms with van der Waals surface area (Å²) in [5.41, 5.74) is 10.4. The van der Waals surface area contributed by atoms with Gasteiger partial charge in [-0.2, -0.15) is 0 Å². The Labute approximate surface area is 241 Å². The smallest absolute Gasteiger partial charge is 0.482 e. The zero-order valence-corrected chi connectivity index (χ0v) is 23.0. The topological polar surface area (TPSA) is 291 Å². The van der Waals surface area contributed by atoms with E-state index < -0.39 is 20.5 Å². The Kier molecular flexibility index (Phi) is 18.7. The molecule has 0 aromatic carbocycles. The Balaban J connectivity index is 0. The van der Waals surface area contributed by atoms with E-state index >= 15 is 0 Å². The molecule has 0 amide bonds. The summed E-state index contributed by atoms with van der Waals surface area (Å²) in [5, 5.41) is 0.560. The second-order valence-electron chi connectivity index (χ2n) is 5.95. The molecule has 0 saturated heterocycles. The fraction of sp³-hybridized carbons (Fsp3) is 0. The fourth-order valence-corrected chi connectivity index (χ4v) is 2.31. The van der Waals surface area contributed by atoms with Crippen molar-refractivity contribution in [1.82, 2.24) is 19.9 Å². The maximum Gasteiger partial charge on any atom is 3.00 e. The van der Waals surface area contributed by atoms with Crippen LogP contribution >= 0.6 is 11.6 Å². The number of nitrogens with zero attached hydrogens (tertiary/aromatic N) is 4. The van der Waals surface area contributed by atoms with Crippen LogP contribution in [0.1, 0.15) is 0 Å². The zero-order valence-electron chi connectivity index (χ0n) is 18.6. The molecule has 4 aromatic rings. The third kappa shape index (κ3) is 20.7. The first-order valence-corrected chi connectivity index (χ1v) is 11.9. The first kappa shape index (κ1) is 37.8. The number of hydrogen-bond acceptors (Lipinski definition) is 12. The van der Waals surface area contributed by atoms with E-state index in [4.69, 9.17) is 54.6 Å². The molecule has 0 aliphatic heterocycles. The van der Waals surface area contributed by atoms with E-state index in [1.165, 1.54) is 12.3 Å². The molecule has 14 nitrogen and oxygen atoms in total. The average Bonchev–Trinajstić information content (AvgIpc) is 2.79. The van der Waals surface area contributed by atoms with Crippen molar-refractivity contribution in [3.05, 3.63) is 96.1 Å². The number of halogens is 3. The van der Waals surface area contributed by atoms with Crippen molar-refractivity contribution in [2.24, 2.45) is 0 Å². The quantitative estimate of drug-likeness (QED) is 0.174. The van der Waals surface area contributed by atoms with E-state index in [1.54, 1.807) is 18.5 Å². The van der Waals surface area contributed by atoms with Gasteiger partial charge < -0.3 is 16.2 Å². The van der Waals surface area contributed by atoms with Crippen LogP contribution < -0.4 is 37.3 Å². The van der Waals surface area contributed by atoms with Gasteiger partial charge in [0.25, 0.3) is 0 Å². The maximum atomic E-state index is 8.49. The Hall–Kier alpha value is -2.35. The van der Waals surface area contributed by atoms with Gasteiger partial charge in [-0.1, -0.05) is 41.8 Å². The van der Waals surface area contributed by atoms with Gasteiger partial charge in [0.2, 0.25) is 0 Å². The van der Waals surface area contributed by atoms with Gasteiger partial charge in [-0.3, -0.25) is 9.97 Å². The molecule has 0 radical (unpaired) electrons. The van der Waals surface area contributed by atoms with E-state index in [-0.39, 0.29) is 33.7 Å². The molecule has 0 aliphatic rings. The molecule has 4 rings (SSSR count). The van der Waals surface area contributed by atoms with Crippen LogP contribution in [0.5, 0.6) is 0 Å². The molecule has 18 heteroatoms. The predicted molar refractivity (Wildman–Crippen MR) is 108 cm³/mol. The van der Waals surface area contributed by atoms with E-state index in [9.17, 15) is 0 Å². The van der Waals surface area contributed by atoms with Crippen molar-refractivity contribution in [3.8, 4) is 22.8 Å². The summed E-state index contributed by atoms with van der Waals surface area (Å²) in [5.74, 6) is 0.206. The summed E-state index contributed by atoms with van der Waals surface area (Å²) in [4.78, 5) is 16.8. The number of rotatable bonds is 2. The monoisotopic (exact) mass is 773 g/mol. The van der Waals surface area contributed by atoms with Gasteiger partial charge in [0.1, 0.15) is 0 Å². The third-order valence-corrected chi connectivity index (χ3v) is 3.56. The molecule has 208 valence electrons. The number of aromatic nitrogens is 4. The SMILES string of the molecule is O.[Au+3].[NH-]c1cc(Cl)ccn1.[O-][Cl+3]([O-])([O-])[O-].[O-][Cl+3]([O-])([O-])[O-].c1ccc(-c2cccc(-c3ccccn3)n2)nc1. The molecule has 0 atom stereocenters.